The highest BCUT2D eigenvalue weighted by molar-refractivity contribution is 5.80. The van der Waals surface area contributed by atoms with Crippen LogP contribution in [0.4, 0.5) is 0 Å². The second-order valence-corrected chi connectivity index (χ2v) is 8.11. The van der Waals surface area contributed by atoms with Gasteiger partial charge in [-0.3, -0.25) is 9.80 Å². The lowest BCUT2D eigenvalue weighted by atomic mass is 10.1. The maximum Gasteiger partial charge on any atom is 0.0794 e. The van der Waals surface area contributed by atoms with E-state index in [0.717, 1.165) is 26.2 Å². The predicted octanol–water partition coefficient (Wildman–Crippen LogP) is 4.35. The number of aromatic amines is 2. The number of aromatic nitrogens is 2. The summed E-state index contributed by atoms with van der Waals surface area (Å²) in [6.45, 7) is 9.20. The fourth-order valence-electron chi connectivity index (χ4n) is 4.18. The Labute approximate surface area is 178 Å². The fraction of sp³-hybridized carbons (Fsp3) is 0.360. The predicted molar refractivity (Wildman–Crippen MR) is 125 cm³/mol. The highest BCUT2D eigenvalue weighted by Gasteiger charge is 2.15. The van der Waals surface area contributed by atoms with Crippen molar-refractivity contribution in [2.45, 2.75) is 33.0 Å². The van der Waals surface area contributed by atoms with Crippen molar-refractivity contribution in [3.63, 3.8) is 0 Å². The molecule has 30 heavy (non-hydrogen) atoms. The maximum absolute atomic E-state index is 10.8. The molecule has 0 atom stereocenters. The summed E-state index contributed by atoms with van der Waals surface area (Å²) in [5.74, 6) is 0. The third-order valence-corrected chi connectivity index (χ3v) is 5.88. The molecule has 0 radical (unpaired) electrons. The lowest BCUT2D eigenvalue weighted by molar-refractivity contribution is 0.0722. The monoisotopic (exact) mass is 404 g/mol. The highest BCUT2D eigenvalue weighted by atomic mass is 16.3. The van der Waals surface area contributed by atoms with Crippen LogP contribution >= 0.6 is 0 Å². The molecule has 158 valence electrons. The number of hydrogen-bond donors (Lipinski definition) is 3. The van der Waals surface area contributed by atoms with Gasteiger partial charge in [-0.25, -0.2) is 0 Å². The Kier molecular flexibility index (Phi) is 6.53. The zero-order valence-corrected chi connectivity index (χ0v) is 17.9. The molecule has 4 rings (SSSR count). The van der Waals surface area contributed by atoms with Crippen molar-refractivity contribution >= 4 is 21.8 Å². The molecule has 0 saturated heterocycles. The Morgan fingerprint density at radius 1 is 0.733 bits per heavy atom. The minimum atomic E-state index is -0.378. The normalized spacial score (nSPS) is 12.2. The molecule has 0 spiro atoms. The van der Waals surface area contributed by atoms with Crippen molar-refractivity contribution in [1.82, 2.24) is 19.8 Å². The van der Waals surface area contributed by atoms with Crippen molar-refractivity contribution in [2.24, 2.45) is 0 Å². The number of H-pyrrole nitrogens is 2. The first-order chi connectivity index (χ1) is 14.6. The molecule has 0 unspecified atom stereocenters. The van der Waals surface area contributed by atoms with Gasteiger partial charge in [0.1, 0.15) is 0 Å². The summed E-state index contributed by atoms with van der Waals surface area (Å²) in [4.78, 5) is 11.1. The molecular weight excluding hydrogens is 372 g/mol. The molecule has 0 amide bonds. The van der Waals surface area contributed by atoms with E-state index in [9.17, 15) is 5.11 Å². The number of nitrogens with zero attached hydrogens (tertiary/aromatic N) is 2. The molecule has 2 aromatic carbocycles. The van der Waals surface area contributed by atoms with Crippen LogP contribution in [0.2, 0.25) is 0 Å². The quantitative estimate of drug-likeness (QED) is 0.368. The molecule has 5 heteroatoms. The number of benzene rings is 2. The van der Waals surface area contributed by atoms with Gasteiger partial charge in [-0.15, -0.1) is 0 Å². The first-order valence-electron chi connectivity index (χ1n) is 10.9. The van der Waals surface area contributed by atoms with Gasteiger partial charge in [-0.2, -0.15) is 0 Å². The van der Waals surface area contributed by atoms with Gasteiger partial charge in [0.25, 0.3) is 0 Å². The van der Waals surface area contributed by atoms with Crippen LogP contribution in [-0.2, 0) is 13.1 Å². The summed E-state index contributed by atoms with van der Waals surface area (Å²) < 4.78 is 0. The van der Waals surface area contributed by atoms with E-state index in [0.29, 0.717) is 13.1 Å². The SMILES string of the molecule is CCN(Cc1ccc2[nH]ccc2c1)CC(O)CN(CC)Cc1ccc2[nH]ccc2c1. The summed E-state index contributed by atoms with van der Waals surface area (Å²) in [5.41, 5.74) is 4.89. The topological polar surface area (TPSA) is 58.3 Å². The van der Waals surface area contributed by atoms with E-state index in [-0.39, 0.29) is 6.10 Å². The van der Waals surface area contributed by atoms with Crippen molar-refractivity contribution < 1.29 is 5.11 Å². The summed E-state index contributed by atoms with van der Waals surface area (Å²) in [6, 6.07) is 17.3. The van der Waals surface area contributed by atoms with Gasteiger partial charge in [0, 0.05) is 49.6 Å². The highest BCUT2D eigenvalue weighted by Crippen LogP contribution is 2.17. The fourth-order valence-corrected chi connectivity index (χ4v) is 4.18. The summed E-state index contributed by atoms with van der Waals surface area (Å²) in [7, 11) is 0. The van der Waals surface area contributed by atoms with Gasteiger partial charge in [0.05, 0.1) is 6.10 Å². The molecule has 0 aliphatic heterocycles. The van der Waals surface area contributed by atoms with E-state index in [2.05, 4.69) is 82.1 Å². The van der Waals surface area contributed by atoms with Gasteiger partial charge in [0.15, 0.2) is 0 Å². The van der Waals surface area contributed by atoms with Gasteiger partial charge in [-0.1, -0.05) is 26.0 Å². The van der Waals surface area contributed by atoms with Crippen molar-refractivity contribution in [2.75, 3.05) is 26.2 Å². The lowest BCUT2D eigenvalue weighted by Crippen LogP contribution is -2.39. The number of aliphatic hydroxyl groups is 1. The summed E-state index contributed by atoms with van der Waals surface area (Å²) in [5, 5.41) is 13.3. The second-order valence-electron chi connectivity index (χ2n) is 8.11. The molecule has 0 aliphatic rings. The van der Waals surface area contributed by atoms with E-state index < -0.39 is 0 Å². The average Bonchev–Trinajstić information content (AvgIpc) is 3.41. The van der Waals surface area contributed by atoms with Crippen LogP contribution in [0.3, 0.4) is 0 Å². The van der Waals surface area contributed by atoms with Crippen molar-refractivity contribution in [1.29, 1.82) is 0 Å². The van der Waals surface area contributed by atoms with E-state index in [1.54, 1.807) is 0 Å². The van der Waals surface area contributed by atoms with Crippen molar-refractivity contribution in [3.05, 3.63) is 72.1 Å². The minimum absolute atomic E-state index is 0.378. The number of rotatable bonds is 10. The van der Waals surface area contributed by atoms with Crippen LogP contribution in [0.5, 0.6) is 0 Å². The molecule has 3 N–H and O–H groups in total. The number of hydrogen-bond acceptors (Lipinski definition) is 3. The Morgan fingerprint density at radius 3 is 1.63 bits per heavy atom. The molecule has 2 aromatic heterocycles. The first-order valence-corrected chi connectivity index (χ1v) is 10.9. The summed E-state index contributed by atoms with van der Waals surface area (Å²) >= 11 is 0. The van der Waals surface area contributed by atoms with E-state index in [4.69, 9.17) is 0 Å². The molecule has 0 bridgehead atoms. The second kappa shape index (κ2) is 9.47. The van der Waals surface area contributed by atoms with Crippen LogP contribution in [0.25, 0.3) is 21.8 Å². The molecule has 4 aromatic rings. The standard InChI is InChI=1S/C25H32N4O/c1-3-28(15-19-5-7-24-21(13-19)9-11-26-24)17-23(30)18-29(4-2)16-20-6-8-25-22(14-20)10-12-27-25/h5-14,23,26-27,30H,3-4,15-18H2,1-2H3. The number of likely N-dealkylation sites (N-methyl/N-ethyl adjacent to an activating group) is 2. The zero-order chi connectivity index (χ0) is 20.9. The largest absolute Gasteiger partial charge is 0.390 e. The Hall–Kier alpha value is -2.60. The van der Waals surface area contributed by atoms with Crippen LogP contribution in [0.1, 0.15) is 25.0 Å². The zero-order valence-electron chi connectivity index (χ0n) is 17.9. The maximum atomic E-state index is 10.8. The number of nitrogens with one attached hydrogen (secondary N) is 2. The van der Waals surface area contributed by atoms with Crippen LogP contribution in [-0.4, -0.2) is 57.2 Å². The number of aliphatic hydroxyl groups excluding tert-OH is 1. The molecule has 2 heterocycles. The average molecular weight is 405 g/mol. The first kappa shape index (κ1) is 20.7. The third-order valence-electron chi connectivity index (χ3n) is 5.88. The smallest absolute Gasteiger partial charge is 0.0794 e. The van der Waals surface area contributed by atoms with Crippen molar-refractivity contribution in [3.8, 4) is 0 Å². The Balaban J connectivity index is 1.33. The van der Waals surface area contributed by atoms with Gasteiger partial charge >= 0.3 is 0 Å². The lowest BCUT2D eigenvalue weighted by Gasteiger charge is -2.28. The third kappa shape index (κ3) is 4.93. The molecule has 5 nitrogen and oxygen atoms in total. The molecular formula is C25H32N4O. The van der Waals surface area contributed by atoms with Crippen LogP contribution in [0, 0.1) is 0 Å². The van der Waals surface area contributed by atoms with E-state index >= 15 is 0 Å². The van der Waals surface area contributed by atoms with Gasteiger partial charge in [0.2, 0.25) is 0 Å². The van der Waals surface area contributed by atoms with E-state index in [1.165, 1.54) is 32.9 Å². The van der Waals surface area contributed by atoms with Crippen LogP contribution in [0.15, 0.2) is 60.9 Å². The molecule has 0 aliphatic carbocycles. The summed E-state index contributed by atoms with van der Waals surface area (Å²) in [6.07, 6.45) is 3.57. The molecule has 0 fully saturated rings. The van der Waals surface area contributed by atoms with Crippen LogP contribution < -0.4 is 0 Å². The molecule has 0 saturated carbocycles. The Bertz CT molecular complexity index is 997. The Morgan fingerprint density at radius 2 is 1.20 bits per heavy atom. The van der Waals surface area contributed by atoms with E-state index in [1.807, 2.05) is 12.4 Å². The minimum Gasteiger partial charge on any atom is -0.390 e. The van der Waals surface area contributed by atoms with Gasteiger partial charge in [-0.05, 0) is 71.4 Å². The number of fused-ring (bicyclic) bond motifs is 2. The van der Waals surface area contributed by atoms with Gasteiger partial charge < -0.3 is 15.1 Å².